The number of amides is 1. The highest BCUT2D eigenvalue weighted by atomic mass is 16.5. The van der Waals surface area contributed by atoms with Crippen LogP contribution < -0.4 is 10.6 Å². The van der Waals surface area contributed by atoms with Crippen molar-refractivity contribution in [3.8, 4) is 0 Å². The second-order valence-corrected chi connectivity index (χ2v) is 5.21. The average molecular weight is 253 g/mol. The largest absolute Gasteiger partial charge is 0.361 e. The van der Waals surface area contributed by atoms with Gasteiger partial charge in [0, 0.05) is 25.1 Å². The highest BCUT2D eigenvalue weighted by Gasteiger charge is 2.25. The van der Waals surface area contributed by atoms with Crippen LogP contribution in [-0.2, 0) is 6.42 Å². The Morgan fingerprint density at radius 2 is 2.22 bits per heavy atom. The van der Waals surface area contributed by atoms with E-state index in [1.165, 1.54) is 0 Å². The molecule has 1 aromatic rings. The van der Waals surface area contributed by atoms with Crippen LogP contribution in [0.3, 0.4) is 0 Å². The van der Waals surface area contributed by atoms with Crippen molar-refractivity contribution in [2.45, 2.75) is 40.2 Å². The molecule has 0 saturated carbocycles. The van der Waals surface area contributed by atoms with Crippen molar-refractivity contribution in [1.29, 1.82) is 0 Å². The third-order valence-corrected chi connectivity index (χ3v) is 3.45. The predicted molar refractivity (Wildman–Crippen MR) is 70.5 cm³/mol. The standard InChI is InChI=1S/C13H23N3O2/c1-6-10-7-11(16-18-10)12(17)15-8-13(3,4)9(2)14-5/h7,9,14H,6,8H2,1-5H3,(H,15,17). The Hall–Kier alpha value is -1.36. The topological polar surface area (TPSA) is 67.2 Å². The average Bonchev–Trinajstić information content (AvgIpc) is 2.83. The fourth-order valence-corrected chi connectivity index (χ4v) is 1.53. The number of carbonyl (C=O) groups excluding carboxylic acids is 1. The number of hydrogen-bond acceptors (Lipinski definition) is 4. The van der Waals surface area contributed by atoms with Crippen molar-refractivity contribution in [3.05, 3.63) is 17.5 Å². The summed E-state index contributed by atoms with van der Waals surface area (Å²) in [5.41, 5.74) is 0.321. The maximum absolute atomic E-state index is 11.9. The summed E-state index contributed by atoms with van der Waals surface area (Å²) in [4.78, 5) is 11.9. The molecule has 1 rings (SSSR count). The van der Waals surface area contributed by atoms with Crippen LogP contribution in [0.4, 0.5) is 0 Å². The van der Waals surface area contributed by atoms with Crippen LogP contribution in [0.15, 0.2) is 10.6 Å². The lowest BCUT2D eigenvalue weighted by atomic mass is 9.85. The Balaban J connectivity index is 2.55. The molecular weight excluding hydrogens is 230 g/mol. The molecule has 18 heavy (non-hydrogen) atoms. The quantitative estimate of drug-likeness (QED) is 0.808. The van der Waals surface area contributed by atoms with E-state index >= 15 is 0 Å². The first-order chi connectivity index (χ1) is 8.40. The monoisotopic (exact) mass is 253 g/mol. The van der Waals surface area contributed by atoms with Gasteiger partial charge in [-0.1, -0.05) is 25.9 Å². The molecule has 2 N–H and O–H groups in total. The number of aryl methyl sites for hydroxylation is 1. The van der Waals surface area contributed by atoms with Crippen LogP contribution in [0.5, 0.6) is 0 Å². The van der Waals surface area contributed by atoms with Crippen molar-refractivity contribution >= 4 is 5.91 Å². The fraction of sp³-hybridized carbons (Fsp3) is 0.692. The molecule has 0 radical (unpaired) electrons. The van der Waals surface area contributed by atoms with E-state index < -0.39 is 0 Å². The Kier molecular flexibility index (Phi) is 4.90. The molecule has 0 aliphatic carbocycles. The molecule has 1 unspecified atom stereocenters. The van der Waals surface area contributed by atoms with Crippen molar-refractivity contribution < 1.29 is 9.32 Å². The summed E-state index contributed by atoms with van der Waals surface area (Å²) in [6.07, 6.45) is 0.739. The number of nitrogens with one attached hydrogen (secondary N) is 2. The number of carbonyl (C=O) groups is 1. The molecule has 0 aromatic carbocycles. The van der Waals surface area contributed by atoms with Gasteiger partial charge in [0.05, 0.1) is 0 Å². The van der Waals surface area contributed by atoms with Gasteiger partial charge in [-0.05, 0) is 19.4 Å². The van der Waals surface area contributed by atoms with E-state index in [9.17, 15) is 4.79 Å². The highest BCUT2D eigenvalue weighted by Crippen LogP contribution is 2.19. The lowest BCUT2D eigenvalue weighted by Crippen LogP contribution is -2.45. The maximum Gasteiger partial charge on any atom is 0.273 e. The summed E-state index contributed by atoms with van der Waals surface area (Å²) in [7, 11) is 1.92. The van der Waals surface area contributed by atoms with Gasteiger partial charge in [0.15, 0.2) is 5.69 Å². The first kappa shape index (κ1) is 14.7. The molecule has 1 amide bonds. The van der Waals surface area contributed by atoms with Crippen LogP contribution >= 0.6 is 0 Å². The van der Waals surface area contributed by atoms with E-state index in [2.05, 4.69) is 36.6 Å². The first-order valence-electron chi connectivity index (χ1n) is 6.31. The van der Waals surface area contributed by atoms with Crippen molar-refractivity contribution in [3.63, 3.8) is 0 Å². The second-order valence-electron chi connectivity index (χ2n) is 5.21. The van der Waals surface area contributed by atoms with E-state index in [-0.39, 0.29) is 11.3 Å². The van der Waals surface area contributed by atoms with Crippen molar-refractivity contribution in [2.24, 2.45) is 5.41 Å². The van der Waals surface area contributed by atoms with Gasteiger partial charge in [-0.3, -0.25) is 4.79 Å². The Morgan fingerprint density at radius 3 is 2.72 bits per heavy atom. The van der Waals surface area contributed by atoms with E-state index in [4.69, 9.17) is 4.52 Å². The molecule has 0 aliphatic rings. The minimum absolute atomic E-state index is 0.0261. The number of hydrogen-bond donors (Lipinski definition) is 2. The molecule has 0 spiro atoms. The van der Waals surface area contributed by atoms with Crippen LogP contribution in [-0.4, -0.2) is 30.7 Å². The molecule has 5 nitrogen and oxygen atoms in total. The van der Waals surface area contributed by atoms with E-state index in [1.807, 2.05) is 14.0 Å². The minimum Gasteiger partial charge on any atom is -0.361 e. The third kappa shape index (κ3) is 3.57. The van der Waals surface area contributed by atoms with Crippen molar-refractivity contribution in [1.82, 2.24) is 15.8 Å². The summed E-state index contributed by atoms with van der Waals surface area (Å²) < 4.78 is 5.01. The maximum atomic E-state index is 11.9. The first-order valence-corrected chi connectivity index (χ1v) is 6.31. The van der Waals surface area contributed by atoms with Gasteiger partial charge in [0.25, 0.3) is 5.91 Å². The van der Waals surface area contributed by atoms with E-state index in [1.54, 1.807) is 6.07 Å². The molecule has 5 heteroatoms. The lowest BCUT2D eigenvalue weighted by molar-refractivity contribution is 0.0920. The zero-order valence-electron chi connectivity index (χ0n) is 11.8. The molecule has 0 aliphatic heterocycles. The molecular formula is C13H23N3O2. The van der Waals surface area contributed by atoms with Crippen LogP contribution in [0.25, 0.3) is 0 Å². The van der Waals surface area contributed by atoms with Crippen LogP contribution in [0.2, 0.25) is 0 Å². The third-order valence-electron chi connectivity index (χ3n) is 3.45. The summed E-state index contributed by atoms with van der Waals surface area (Å²) in [6, 6.07) is 1.99. The van der Waals surface area contributed by atoms with Gasteiger partial charge in [-0.15, -0.1) is 0 Å². The lowest BCUT2D eigenvalue weighted by Gasteiger charge is -2.31. The normalized spacial score (nSPS) is 13.4. The van der Waals surface area contributed by atoms with Gasteiger partial charge < -0.3 is 15.2 Å². The zero-order valence-corrected chi connectivity index (χ0v) is 11.8. The Morgan fingerprint density at radius 1 is 1.56 bits per heavy atom. The summed E-state index contributed by atoms with van der Waals surface area (Å²) in [6.45, 7) is 8.85. The molecule has 0 bridgehead atoms. The molecule has 1 atom stereocenters. The van der Waals surface area contributed by atoms with Crippen LogP contribution in [0.1, 0.15) is 43.9 Å². The Labute approximate surface area is 108 Å². The number of nitrogens with zero attached hydrogens (tertiary/aromatic N) is 1. The zero-order chi connectivity index (χ0) is 13.8. The summed E-state index contributed by atoms with van der Waals surface area (Å²) >= 11 is 0. The molecule has 0 fully saturated rings. The SMILES string of the molecule is CCc1cc(C(=O)NCC(C)(C)C(C)NC)no1. The fourth-order valence-electron chi connectivity index (χ4n) is 1.53. The minimum atomic E-state index is -0.185. The smallest absolute Gasteiger partial charge is 0.273 e. The van der Waals surface area contributed by atoms with Gasteiger partial charge >= 0.3 is 0 Å². The van der Waals surface area contributed by atoms with Gasteiger partial charge in [0.1, 0.15) is 5.76 Å². The number of rotatable bonds is 6. The molecule has 0 saturated heterocycles. The Bertz CT molecular complexity index is 399. The van der Waals surface area contributed by atoms with Gasteiger partial charge in [-0.25, -0.2) is 0 Å². The van der Waals surface area contributed by atoms with Gasteiger partial charge in [0.2, 0.25) is 0 Å². The second kappa shape index (κ2) is 6.00. The molecule has 102 valence electrons. The molecule has 1 heterocycles. The van der Waals surface area contributed by atoms with E-state index in [0.717, 1.165) is 12.2 Å². The molecule has 1 aromatic heterocycles. The summed E-state index contributed by atoms with van der Waals surface area (Å²) in [5.74, 6) is 0.540. The predicted octanol–water partition coefficient (Wildman–Crippen LogP) is 1.60. The number of aromatic nitrogens is 1. The highest BCUT2D eigenvalue weighted by molar-refractivity contribution is 5.92. The van der Waals surface area contributed by atoms with Crippen LogP contribution in [0, 0.1) is 5.41 Å². The van der Waals surface area contributed by atoms with Crippen molar-refractivity contribution in [2.75, 3.05) is 13.6 Å². The van der Waals surface area contributed by atoms with Gasteiger partial charge in [-0.2, -0.15) is 0 Å². The van der Waals surface area contributed by atoms with E-state index in [0.29, 0.717) is 18.3 Å². The summed E-state index contributed by atoms with van der Waals surface area (Å²) in [5, 5.41) is 9.84.